The van der Waals surface area contributed by atoms with Gasteiger partial charge >= 0.3 is 0 Å². The minimum absolute atomic E-state index is 0.180. The van der Waals surface area contributed by atoms with Crippen LogP contribution in [0.25, 0.3) is 0 Å². The fourth-order valence-corrected chi connectivity index (χ4v) is 3.16. The number of hydrogen-bond acceptors (Lipinski definition) is 4. The van der Waals surface area contributed by atoms with Crippen molar-refractivity contribution in [1.29, 1.82) is 0 Å². The van der Waals surface area contributed by atoms with Gasteiger partial charge in [-0.2, -0.15) is 0 Å². The second-order valence-corrected chi connectivity index (χ2v) is 5.52. The Balaban J connectivity index is 1.64. The number of aromatic hydroxyl groups is 1. The minimum atomic E-state index is 0.180. The predicted octanol–water partition coefficient (Wildman–Crippen LogP) is 1.21. The molecule has 0 aliphatic carbocycles. The summed E-state index contributed by atoms with van der Waals surface area (Å²) >= 11 is 0. The van der Waals surface area contributed by atoms with Gasteiger partial charge in [0.25, 0.3) is 0 Å². The number of methoxy groups -OCH3 is 1. The Morgan fingerprint density at radius 2 is 2.25 bits per heavy atom. The van der Waals surface area contributed by atoms with E-state index in [-0.39, 0.29) is 5.75 Å². The molecule has 3 rings (SSSR count). The monoisotopic (exact) mass is 276 g/mol. The molecule has 0 aromatic heterocycles. The molecule has 2 aliphatic rings. The van der Waals surface area contributed by atoms with Gasteiger partial charge in [-0.1, -0.05) is 6.07 Å². The zero-order valence-corrected chi connectivity index (χ0v) is 11.7. The lowest BCUT2D eigenvalue weighted by Gasteiger charge is -2.37. The Kier molecular flexibility index (Phi) is 3.53. The van der Waals surface area contributed by atoms with E-state index in [2.05, 4.69) is 4.90 Å². The summed E-state index contributed by atoms with van der Waals surface area (Å²) in [5, 5.41) is 9.81. The van der Waals surface area contributed by atoms with Gasteiger partial charge in [-0.25, -0.2) is 0 Å². The van der Waals surface area contributed by atoms with Gasteiger partial charge in [-0.15, -0.1) is 0 Å². The normalized spacial score (nSPS) is 22.9. The van der Waals surface area contributed by atoms with E-state index in [0.29, 0.717) is 24.1 Å². The lowest BCUT2D eigenvalue weighted by molar-refractivity contribution is -0.130. The number of nitrogens with zero attached hydrogens (tertiary/aromatic N) is 2. The van der Waals surface area contributed by atoms with Gasteiger partial charge in [0.1, 0.15) is 0 Å². The molecule has 2 aliphatic heterocycles. The van der Waals surface area contributed by atoms with E-state index in [0.717, 1.165) is 38.2 Å². The largest absolute Gasteiger partial charge is 0.504 e. The molecule has 2 heterocycles. The molecule has 1 N–H and O–H groups in total. The average molecular weight is 276 g/mol. The van der Waals surface area contributed by atoms with Gasteiger partial charge in [0.15, 0.2) is 11.5 Å². The van der Waals surface area contributed by atoms with E-state index in [4.69, 9.17) is 4.74 Å². The van der Waals surface area contributed by atoms with Gasteiger partial charge in [0.05, 0.1) is 7.11 Å². The third kappa shape index (κ3) is 2.45. The van der Waals surface area contributed by atoms with Crippen molar-refractivity contribution in [2.45, 2.75) is 25.4 Å². The van der Waals surface area contributed by atoms with E-state index < -0.39 is 0 Å². The highest BCUT2D eigenvalue weighted by atomic mass is 16.5. The number of phenolic OH excluding ortho intramolecular Hbond substituents is 1. The van der Waals surface area contributed by atoms with Gasteiger partial charge in [-0.05, 0) is 24.1 Å². The molecule has 20 heavy (non-hydrogen) atoms. The molecular formula is C15H20N2O3. The SMILES string of the molecule is COc1ccc(CN2CCN3C(=O)CCC3C2)cc1O. The van der Waals surface area contributed by atoms with Crippen molar-refractivity contribution in [3.05, 3.63) is 23.8 Å². The Morgan fingerprint density at radius 1 is 1.40 bits per heavy atom. The fourth-order valence-electron chi connectivity index (χ4n) is 3.16. The van der Waals surface area contributed by atoms with E-state index >= 15 is 0 Å². The average Bonchev–Trinajstić information content (AvgIpc) is 2.80. The molecule has 1 aromatic carbocycles. The summed E-state index contributed by atoms with van der Waals surface area (Å²) in [7, 11) is 1.55. The standard InChI is InChI=1S/C15H20N2O3/c1-20-14-4-2-11(8-13(14)18)9-16-6-7-17-12(10-16)3-5-15(17)19/h2,4,8,12,18H,3,5-7,9-10H2,1H3. The van der Waals surface area contributed by atoms with Crippen LogP contribution in [0.1, 0.15) is 18.4 Å². The first kappa shape index (κ1) is 13.2. The van der Waals surface area contributed by atoms with Crippen molar-refractivity contribution in [3.8, 4) is 11.5 Å². The second-order valence-electron chi connectivity index (χ2n) is 5.52. The number of piperazine rings is 1. The van der Waals surface area contributed by atoms with Gasteiger partial charge in [0, 0.05) is 38.6 Å². The molecular weight excluding hydrogens is 256 g/mol. The summed E-state index contributed by atoms with van der Waals surface area (Å²) in [6.07, 6.45) is 1.67. The van der Waals surface area contributed by atoms with Crippen molar-refractivity contribution in [1.82, 2.24) is 9.80 Å². The first-order valence-corrected chi connectivity index (χ1v) is 7.05. The molecule has 1 aromatic rings. The van der Waals surface area contributed by atoms with Crippen LogP contribution in [0.3, 0.4) is 0 Å². The van der Waals surface area contributed by atoms with Crippen LogP contribution in [0.15, 0.2) is 18.2 Å². The van der Waals surface area contributed by atoms with Crippen LogP contribution in [0, 0.1) is 0 Å². The van der Waals surface area contributed by atoms with E-state index in [9.17, 15) is 9.90 Å². The van der Waals surface area contributed by atoms with Crippen LogP contribution < -0.4 is 4.74 Å². The Bertz CT molecular complexity index is 518. The van der Waals surface area contributed by atoms with E-state index in [1.807, 2.05) is 11.0 Å². The quantitative estimate of drug-likeness (QED) is 0.901. The van der Waals surface area contributed by atoms with Crippen molar-refractivity contribution in [2.75, 3.05) is 26.7 Å². The van der Waals surface area contributed by atoms with Crippen molar-refractivity contribution in [3.63, 3.8) is 0 Å². The number of amides is 1. The minimum Gasteiger partial charge on any atom is -0.504 e. The number of fused-ring (bicyclic) bond motifs is 1. The number of carbonyl (C=O) groups is 1. The summed E-state index contributed by atoms with van der Waals surface area (Å²) in [4.78, 5) is 16.0. The summed E-state index contributed by atoms with van der Waals surface area (Å²) in [6.45, 7) is 3.45. The Hall–Kier alpha value is -1.75. The smallest absolute Gasteiger partial charge is 0.222 e. The maximum atomic E-state index is 11.6. The number of benzene rings is 1. The van der Waals surface area contributed by atoms with Crippen LogP contribution in [-0.2, 0) is 11.3 Å². The predicted molar refractivity (Wildman–Crippen MR) is 74.7 cm³/mol. The lowest BCUT2D eigenvalue weighted by Crippen LogP contribution is -2.50. The highest BCUT2D eigenvalue weighted by Gasteiger charge is 2.35. The molecule has 0 spiro atoms. The number of rotatable bonds is 3. The molecule has 0 saturated carbocycles. The zero-order chi connectivity index (χ0) is 14.1. The molecule has 5 nitrogen and oxygen atoms in total. The third-order valence-electron chi connectivity index (χ3n) is 4.23. The molecule has 0 bridgehead atoms. The van der Waals surface area contributed by atoms with Gasteiger partial charge in [-0.3, -0.25) is 9.69 Å². The maximum Gasteiger partial charge on any atom is 0.222 e. The van der Waals surface area contributed by atoms with Crippen LogP contribution in [0.5, 0.6) is 11.5 Å². The first-order chi connectivity index (χ1) is 9.67. The lowest BCUT2D eigenvalue weighted by atomic mass is 10.1. The van der Waals surface area contributed by atoms with Crippen LogP contribution >= 0.6 is 0 Å². The Morgan fingerprint density at radius 3 is 3.00 bits per heavy atom. The van der Waals surface area contributed by atoms with Gasteiger partial charge in [0.2, 0.25) is 5.91 Å². The maximum absolute atomic E-state index is 11.6. The first-order valence-electron chi connectivity index (χ1n) is 7.05. The number of carbonyl (C=O) groups excluding carboxylic acids is 1. The van der Waals surface area contributed by atoms with E-state index in [1.165, 1.54) is 0 Å². The fraction of sp³-hybridized carbons (Fsp3) is 0.533. The molecule has 0 radical (unpaired) electrons. The van der Waals surface area contributed by atoms with E-state index in [1.54, 1.807) is 19.2 Å². The molecule has 1 amide bonds. The van der Waals surface area contributed by atoms with Crippen LogP contribution in [-0.4, -0.2) is 53.6 Å². The Labute approximate surface area is 118 Å². The highest BCUT2D eigenvalue weighted by molar-refractivity contribution is 5.78. The topological polar surface area (TPSA) is 53.0 Å². The summed E-state index contributed by atoms with van der Waals surface area (Å²) in [6, 6.07) is 5.90. The highest BCUT2D eigenvalue weighted by Crippen LogP contribution is 2.28. The van der Waals surface area contributed by atoms with Crippen molar-refractivity contribution >= 4 is 5.91 Å². The summed E-state index contributed by atoms with van der Waals surface area (Å²) < 4.78 is 5.05. The van der Waals surface area contributed by atoms with Crippen LogP contribution in [0.2, 0.25) is 0 Å². The summed E-state index contributed by atoms with van der Waals surface area (Å²) in [5.41, 5.74) is 1.07. The molecule has 2 fully saturated rings. The van der Waals surface area contributed by atoms with Crippen molar-refractivity contribution < 1.29 is 14.6 Å². The number of hydrogen-bond donors (Lipinski definition) is 1. The number of phenols is 1. The molecule has 1 atom stereocenters. The third-order valence-corrected chi connectivity index (χ3v) is 4.23. The van der Waals surface area contributed by atoms with Crippen LogP contribution in [0.4, 0.5) is 0 Å². The van der Waals surface area contributed by atoms with Crippen molar-refractivity contribution in [2.24, 2.45) is 0 Å². The number of ether oxygens (including phenoxy) is 1. The second kappa shape index (κ2) is 5.32. The zero-order valence-electron chi connectivity index (χ0n) is 11.7. The molecule has 5 heteroatoms. The summed E-state index contributed by atoms with van der Waals surface area (Å²) in [5.74, 6) is 0.983. The molecule has 1 unspecified atom stereocenters. The molecule has 2 saturated heterocycles. The molecule has 108 valence electrons. The van der Waals surface area contributed by atoms with Gasteiger partial charge < -0.3 is 14.7 Å².